The molecule has 0 fully saturated rings. The van der Waals surface area contributed by atoms with Crippen molar-refractivity contribution >= 4 is 34.6 Å². The lowest BCUT2D eigenvalue weighted by atomic mass is 10.2. The number of aryl methyl sites for hydroxylation is 1. The molecular formula is C27H26N4O4. The second kappa shape index (κ2) is 10.7. The molecule has 1 aromatic carbocycles. The minimum atomic E-state index is -0.657. The Bertz CT molecular complexity index is 1550. The van der Waals surface area contributed by atoms with Crippen molar-refractivity contribution in [2.24, 2.45) is 4.99 Å². The minimum absolute atomic E-state index is 0.0479. The Hall–Kier alpha value is -4.33. The normalized spacial score (nSPS) is 12.0. The number of hydrogen-bond acceptors (Lipinski definition) is 5. The highest BCUT2D eigenvalue weighted by Gasteiger charge is 2.19. The van der Waals surface area contributed by atoms with Crippen LogP contribution in [0.4, 0.5) is 0 Å². The number of rotatable bonds is 7. The van der Waals surface area contributed by atoms with E-state index in [2.05, 4.69) is 9.98 Å². The Morgan fingerprint density at radius 1 is 1.09 bits per heavy atom. The second-order valence-corrected chi connectivity index (χ2v) is 7.88. The fourth-order valence-electron chi connectivity index (χ4n) is 3.76. The summed E-state index contributed by atoms with van der Waals surface area (Å²) in [4.78, 5) is 48.0. The van der Waals surface area contributed by atoms with Gasteiger partial charge in [0.05, 0.1) is 12.0 Å². The van der Waals surface area contributed by atoms with Crippen LogP contribution in [0.1, 0.15) is 42.6 Å². The zero-order valence-corrected chi connectivity index (χ0v) is 19.7. The van der Waals surface area contributed by atoms with Crippen molar-refractivity contribution in [1.82, 2.24) is 14.0 Å². The monoisotopic (exact) mass is 470 g/mol. The Morgan fingerprint density at radius 2 is 1.86 bits per heavy atom. The highest BCUT2D eigenvalue weighted by atomic mass is 16.5. The molecule has 4 rings (SSSR count). The van der Waals surface area contributed by atoms with Crippen LogP contribution in [0.2, 0.25) is 0 Å². The molecule has 4 aromatic rings. The van der Waals surface area contributed by atoms with E-state index in [4.69, 9.17) is 4.74 Å². The van der Waals surface area contributed by atoms with Gasteiger partial charge in [-0.15, -0.1) is 0 Å². The molecule has 3 heterocycles. The molecule has 0 N–H and O–H groups in total. The molecule has 0 radical (unpaired) electrons. The van der Waals surface area contributed by atoms with Crippen LogP contribution in [0.3, 0.4) is 0 Å². The van der Waals surface area contributed by atoms with Crippen molar-refractivity contribution in [1.29, 1.82) is 0 Å². The van der Waals surface area contributed by atoms with Crippen LogP contribution in [0.5, 0.6) is 0 Å². The third-order valence-corrected chi connectivity index (χ3v) is 5.45. The quantitative estimate of drug-likeness (QED) is 0.233. The van der Waals surface area contributed by atoms with Crippen molar-refractivity contribution in [2.45, 2.75) is 33.2 Å². The Labute approximate surface area is 201 Å². The Morgan fingerprint density at radius 3 is 2.60 bits per heavy atom. The predicted molar refractivity (Wildman–Crippen MR) is 134 cm³/mol. The molecule has 35 heavy (non-hydrogen) atoms. The van der Waals surface area contributed by atoms with E-state index in [9.17, 15) is 14.4 Å². The number of hydrogen-bond donors (Lipinski definition) is 0. The van der Waals surface area contributed by atoms with Gasteiger partial charge in [0.15, 0.2) is 5.49 Å². The van der Waals surface area contributed by atoms with E-state index in [1.165, 1.54) is 16.5 Å². The van der Waals surface area contributed by atoms with Crippen LogP contribution >= 0.6 is 0 Å². The number of aromatic nitrogens is 3. The zero-order chi connectivity index (χ0) is 24.8. The maximum atomic E-state index is 13.3. The maximum absolute atomic E-state index is 13.3. The topological polar surface area (TPSA) is 95.0 Å². The molecule has 3 aromatic heterocycles. The van der Waals surface area contributed by atoms with Crippen molar-refractivity contribution in [2.75, 3.05) is 6.61 Å². The van der Waals surface area contributed by atoms with Gasteiger partial charge in [0.1, 0.15) is 16.9 Å². The third kappa shape index (κ3) is 5.11. The third-order valence-electron chi connectivity index (χ3n) is 5.45. The molecule has 0 bridgehead atoms. The first-order chi connectivity index (χ1) is 17.0. The molecule has 0 saturated carbocycles. The highest BCUT2D eigenvalue weighted by Crippen LogP contribution is 2.12. The number of carbonyl (C=O) groups is 2. The van der Waals surface area contributed by atoms with Gasteiger partial charge in [0.25, 0.3) is 11.5 Å². The summed E-state index contributed by atoms with van der Waals surface area (Å²) in [5.41, 5.74) is 1.52. The number of unbranched alkanes of at least 4 members (excludes halogenated alkanes) is 1. The average molecular weight is 471 g/mol. The number of amides is 1. The number of nitrogens with zero attached hydrogens (tertiary/aromatic N) is 4. The molecule has 0 saturated heterocycles. The zero-order valence-electron chi connectivity index (χ0n) is 19.7. The van der Waals surface area contributed by atoms with E-state index in [0.29, 0.717) is 17.8 Å². The van der Waals surface area contributed by atoms with Gasteiger partial charge in [-0.3, -0.25) is 14.0 Å². The summed E-state index contributed by atoms with van der Waals surface area (Å²) in [6.07, 6.45) is 6.22. The predicted octanol–water partition coefficient (Wildman–Crippen LogP) is 3.77. The Balaban J connectivity index is 2.01. The van der Waals surface area contributed by atoms with E-state index < -0.39 is 11.9 Å². The summed E-state index contributed by atoms with van der Waals surface area (Å²) < 4.78 is 8.34. The molecule has 8 nitrogen and oxygen atoms in total. The molecule has 178 valence electrons. The number of esters is 1. The van der Waals surface area contributed by atoms with Crippen LogP contribution in [0.25, 0.3) is 22.8 Å². The Kier molecular flexibility index (Phi) is 7.30. The smallest absolute Gasteiger partial charge is 0.341 e. The molecule has 0 aliphatic carbocycles. The number of ether oxygens (including phenoxy) is 1. The lowest BCUT2D eigenvalue weighted by molar-refractivity contribution is -0.113. The average Bonchev–Trinajstić information content (AvgIpc) is 2.87. The summed E-state index contributed by atoms with van der Waals surface area (Å²) in [6.45, 7) is 4.28. The van der Waals surface area contributed by atoms with E-state index in [1.54, 1.807) is 42.0 Å². The molecule has 8 heteroatoms. The van der Waals surface area contributed by atoms with Crippen LogP contribution in [-0.4, -0.2) is 32.4 Å². The van der Waals surface area contributed by atoms with Gasteiger partial charge < -0.3 is 9.30 Å². The lowest BCUT2D eigenvalue weighted by Gasteiger charge is -2.14. The number of pyridine rings is 2. The molecule has 0 spiro atoms. The first-order valence-electron chi connectivity index (χ1n) is 11.6. The molecule has 0 aliphatic heterocycles. The summed E-state index contributed by atoms with van der Waals surface area (Å²) in [6, 6.07) is 16.1. The van der Waals surface area contributed by atoms with E-state index >= 15 is 0 Å². The summed E-state index contributed by atoms with van der Waals surface area (Å²) in [5, 5.41) is 0.249. The van der Waals surface area contributed by atoms with Gasteiger partial charge in [-0.25, -0.2) is 9.78 Å². The van der Waals surface area contributed by atoms with Crippen LogP contribution < -0.4 is 11.0 Å². The van der Waals surface area contributed by atoms with E-state index in [-0.39, 0.29) is 28.6 Å². The van der Waals surface area contributed by atoms with Gasteiger partial charge in [-0.1, -0.05) is 49.7 Å². The summed E-state index contributed by atoms with van der Waals surface area (Å²) in [7, 11) is 0. The van der Waals surface area contributed by atoms with Gasteiger partial charge in [-0.2, -0.15) is 4.99 Å². The fourth-order valence-corrected chi connectivity index (χ4v) is 3.76. The molecule has 1 amide bonds. The largest absolute Gasteiger partial charge is 0.462 e. The highest BCUT2D eigenvalue weighted by molar-refractivity contribution is 5.95. The van der Waals surface area contributed by atoms with Crippen LogP contribution in [0.15, 0.2) is 76.7 Å². The SMILES string of the molecule is CCCCn1c(=NC(=O)C=Cc2ccccc2)c(C(=O)OCC)cc2c(=O)n3ccccc3nc21. The van der Waals surface area contributed by atoms with Crippen molar-refractivity contribution in [3.63, 3.8) is 0 Å². The second-order valence-electron chi connectivity index (χ2n) is 7.88. The van der Waals surface area contributed by atoms with Crippen molar-refractivity contribution < 1.29 is 14.3 Å². The molecule has 0 unspecified atom stereocenters. The van der Waals surface area contributed by atoms with E-state index in [0.717, 1.165) is 18.4 Å². The first-order valence-corrected chi connectivity index (χ1v) is 11.6. The van der Waals surface area contributed by atoms with Crippen molar-refractivity contribution in [3.8, 4) is 0 Å². The number of benzene rings is 1. The number of fused-ring (bicyclic) bond motifs is 2. The summed E-state index contributed by atoms with van der Waals surface area (Å²) in [5.74, 6) is -1.20. The van der Waals surface area contributed by atoms with Gasteiger partial charge in [-0.05, 0) is 43.2 Å². The van der Waals surface area contributed by atoms with Gasteiger partial charge >= 0.3 is 5.97 Å². The molecule has 0 aliphatic rings. The van der Waals surface area contributed by atoms with Crippen LogP contribution in [0, 0.1) is 0 Å². The maximum Gasteiger partial charge on any atom is 0.341 e. The van der Waals surface area contributed by atoms with Gasteiger partial charge in [0.2, 0.25) is 0 Å². The van der Waals surface area contributed by atoms with Gasteiger partial charge in [0, 0.05) is 18.8 Å². The standard InChI is InChI=1S/C27H26N4O4/c1-3-5-16-31-24-20(26(33)30-17-10-9-13-22(30)28-24)18-21(27(34)35-4-2)25(31)29-23(32)15-14-19-11-7-6-8-12-19/h6-15,17-18H,3-5,16H2,1-2H3. The van der Waals surface area contributed by atoms with E-state index in [1.807, 2.05) is 37.3 Å². The van der Waals surface area contributed by atoms with Crippen molar-refractivity contribution in [3.05, 3.63) is 93.8 Å². The lowest BCUT2D eigenvalue weighted by Crippen LogP contribution is -2.32. The minimum Gasteiger partial charge on any atom is -0.462 e. The number of carbonyl (C=O) groups excluding carboxylic acids is 2. The van der Waals surface area contributed by atoms with Crippen LogP contribution in [-0.2, 0) is 16.1 Å². The first kappa shape index (κ1) is 23.8. The fraction of sp³-hybridized carbons (Fsp3) is 0.222. The molecule has 0 atom stereocenters. The molecular weight excluding hydrogens is 444 g/mol. The summed E-state index contributed by atoms with van der Waals surface area (Å²) >= 11 is 0.